The fourth-order valence-corrected chi connectivity index (χ4v) is 1.10. The molecule has 0 bridgehead atoms. The molecule has 3 N–H and O–H groups in total. The molecule has 0 aromatic carbocycles. The molecule has 1 unspecified atom stereocenters. The van der Waals surface area contributed by atoms with Crippen LogP contribution in [0.25, 0.3) is 0 Å². The first kappa shape index (κ1) is 12.9. The van der Waals surface area contributed by atoms with E-state index in [1.54, 1.807) is 0 Å². The number of aliphatic hydroxyl groups excluding tert-OH is 1. The molecule has 0 aliphatic carbocycles. The number of H-pyrrole nitrogens is 1. The molecule has 7 nitrogen and oxygen atoms in total. The van der Waals surface area contributed by atoms with Crippen LogP contribution in [0, 0.1) is 0 Å². The van der Waals surface area contributed by atoms with Crippen molar-refractivity contribution in [3.8, 4) is 0 Å². The lowest BCUT2D eigenvalue weighted by Crippen LogP contribution is -2.37. The molecule has 1 rings (SSSR count). The lowest BCUT2D eigenvalue weighted by atomic mass is 10.2. The Balaban J connectivity index is 2.56. The van der Waals surface area contributed by atoms with Crippen molar-refractivity contribution in [2.45, 2.75) is 6.10 Å². The molecule has 1 heterocycles. The number of rotatable bonds is 4. The second-order valence-corrected chi connectivity index (χ2v) is 3.19. The van der Waals surface area contributed by atoms with Gasteiger partial charge in [-0.3, -0.25) is 9.59 Å². The van der Waals surface area contributed by atoms with E-state index in [1.807, 2.05) is 0 Å². The third kappa shape index (κ3) is 3.72. The summed E-state index contributed by atoms with van der Waals surface area (Å²) in [7, 11) is 1.13. The first-order chi connectivity index (χ1) is 8.04. The number of hydrogen-bond donors (Lipinski definition) is 3. The van der Waals surface area contributed by atoms with Crippen molar-refractivity contribution < 1.29 is 19.4 Å². The van der Waals surface area contributed by atoms with E-state index in [1.165, 1.54) is 12.3 Å². The molecule has 1 aromatic heterocycles. The van der Waals surface area contributed by atoms with E-state index in [2.05, 4.69) is 15.0 Å². The average molecular weight is 240 g/mol. The van der Waals surface area contributed by atoms with Gasteiger partial charge in [-0.05, 0) is 6.07 Å². The Kier molecular flexibility index (Phi) is 4.41. The van der Waals surface area contributed by atoms with Gasteiger partial charge in [-0.2, -0.15) is 0 Å². The fourth-order valence-electron chi connectivity index (χ4n) is 1.10. The minimum atomic E-state index is -1.43. The van der Waals surface area contributed by atoms with Crippen molar-refractivity contribution in [2.75, 3.05) is 13.7 Å². The van der Waals surface area contributed by atoms with E-state index in [-0.39, 0.29) is 12.1 Å². The summed E-state index contributed by atoms with van der Waals surface area (Å²) in [5, 5.41) is 11.5. The van der Waals surface area contributed by atoms with Gasteiger partial charge < -0.3 is 20.1 Å². The quantitative estimate of drug-likeness (QED) is 0.563. The lowest BCUT2D eigenvalue weighted by molar-refractivity contribution is -0.149. The van der Waals surface area contributed by atoms with Gasteiger partial charge in [0.15, 0.2) is 6.10 Å². The Morgan fingerprint density at radius 1 is 1.59 bits per heavy atom. The van der Waals surface area contributed by atoms with Crippen LogP contribution in [0.4, 0.5) is 0 Å². The van der Waals surface area contributed by atoms with Crippen molar-refractivity contribution >= 4 is 11.9 Å². The van der Waals surface area contributed by atoms with E-state index in [0.29, 0.717) is 0 Å². The van der Waals surface area contributed by atoms with Crippen LogP contribution in [0.1, 0.15) is 10.4 Å². The smallest absolute Gasteiger partial charge is 0.336 e. The third-order valence-corrected chi connectivity index (χ3v) is 1.97. The van der Waals surface area contributed by atoms with Crippen molar-refractivity contribution in [3.05, 3.63) is 34.2 Å². The predicted molar refractivity (Wildman–Crippen MR) is 57.4 cm³/mol. The van der Waals surface area contributed by atoms with Crippen molar-refractivity contribution in [2.24, 2.45) is 0 Å². The number of hydrogen-bond acceptors (Lipinski definition) is 5. The van der Waals surface area contributed by atoms with Gasteiger partial charge >= 0.3 is 5.97 Å². The highest BCUT2D eigenvalue weighted by Gasteiger charge is 2.16. The molecule has 0 radical (unpaired) electrons. The number of carbonyl (C=O) groups excluding carboxylic acids is 2. The summed E-state index contributed by atoms with van der Waals surface area (Å²) in [6.45, 7) is -0.279. The highest BCUT2D eigenvalue weighted by molar-refractivity contribution is 5.94. The Hall–Kier alpha value is -2.15. The number of carbonyl (C=O) groups is 2. The highest BCUT2D eigenvalue weighted by atomic mass is 16.5. The standard InChI is InChI=1S/C10H12N2O5/c1-17-10(16)7(13)5-12-9(15)6-2-3-11-8(14)4-6/h2-4,7,13H,5H2,1H3,(H,11,14)(H,12,15). The van der Waals surface area contributed by atoms with E-state index in [0.717, 1.165) is 13.2 Å². The number of nitrogens with one attached hydrogen (secondary N) is 2. The van der Waals surface area contributed by atoms with Crippen LogP contribution < -0.4 is 10.9 Å². The second kappa shape index (κ2) is 5.80. The van der Waals surface area contributed by atoms with E-state index >= 15 is 0 Å². The van der Waals surface area contributed by atoms with Gasteiger partial charge in [-0.1, -0.05) is 0 Å². The summed E-state index contributed by atoms with van der Waals surface area (Å²) in [4.78, 5) is 35.6. The zero-order chi connectivity index (χ0) is 12.8. The van der Waals surface area contributed by atoms with Crippen LogP contribution in [0.2, 0.25) is 0 Å². The van der Waals surface area contributed by atoms with Crippen LogP contribution in [0.3, 0.4) is 0 Å². The number of ether oxygens (including phenoxy) is 1. The molecule has 0 saturated carbocycles. The van der Waals surface area contributed by atoms with Crippen molar-refractivity contribution in [1.29, 1.82) is 0 Å². The summed E-state index contributed by atoms with van der Waals surface area (Å²) in [5.74, 6) is -1.39. The number of pyridine rings is 1. The van der Waals surface area contributed by atoms with E-state index < -0.39 is 23.5 Å². The van der Waals surface area contributed by atoms with Crippen molar-refractivity contribution in [1.82, 2.24) is 10.3 Å². The van der Waals surface area contributed by atoms with Gasteiger partial charge in [0.05, 0.1) is 13.7 Å². The zero-order valence-electron chi connectivity index (χ0n) is 9.10. The number of methoxy groups -OCH3 is 1. The minimum Gasteiger partial charge on any atom is -0.467 e. The molecule has 17 heavy (non-hydrogen) atoms. The lowest BCUT2D eigenvalue weighted by Gasteiger charge is -2.09. The highest BCUT2D eigenvalue weighted by Crippen LogP contribution is 1.93. The number of aromatic amines is 1. The van der Waals surface area contributed by atoms with Crippen molar-refractivity contribution in [3.63, 3.8) is 0 Å². The van der Waals surface area contributed by atoms with Gasteiger partial charge in [-0.25, -0.2) is 4.79 Å². The molecular formula is C10H12N2O5. The number of aromatic nitrogens is 1. The van der Waals surface area contributed by atoms with Crippen LogP contribution in [-0.2, 0) is 9.53 Å². The maximum Gasteiger partial charge on any atom is 0.336 e. The van der Waals surface area contributed by atoms with E-state index in [4.69, 9.17) is 0 Å². The Labute approximate surface area is 96.4 Å². The van der Waals surface area contributed by atoms with Gasteiger partial charge in [0.1, 0.15) is 0 Å². The summed E-state index contributed by atoms with van der Waals surface area (Å²) in [6.07, 6.45) is -0.0977. The maximum absolute atomic E-state index is 11.5. The Bertz CT molecular complexity index is 468. The minimum absolute atomic E-state index is 0.144. The largest absolute Gasteiger partial charge is 0.467 e. The second-order valence-electron chi connectivity index (χ2n) is 3.19. The van der Waals surface area contributed by atoms with Crippen LogP contribution in [0.5, 0.6) is 0 Å². The van der Waals surface area contributed by atoms with Crippen LogP contribution in [-0.4, -0.2) is 41.7 Å². The molecule has 1 amide bonds. The van der Waals surface area contributed by atoms with Crippen LogP contribution >= 0.6 is 0 Å². The fraction of sp³-hybridized carbons (Fsp3) is 0.300. The third-order valence-electron chi connectivity index (χ3n) is 1.97. The summed E-state index contributed by atoms with van der Waals surface area (Å²) in [5.41, 5.74) is -0.267. The van der Waals surface area contributed by atoms with Crippen LogP contribution in [0.15, 0.2) is 23.1 Å². The normalized spacial score (nSPS) is 11.6. The summed E-state index contributed by atoms with van der Waals surface area (Å²) in [6, 6.07) is 2.51. The zero-order valence-corrected chi connectivity index (χ0v) is 9.10. The SMILES string of the molecule is COC(=O)C(O)CNC(=O)c1cc[nH]c(=O)c1. The number of aliphatic hydroxyl groups is 1. The van der Waals surface area contributed by atoms with Gasteiger partial charge in [0.2, 0.25) is 5.56 Å². The molecule has 7 heteroatoms. The molecule has 1 atom stereocenters. The predicted octanol–water partition coefficient (Wildman–Crippen LogP) is -1.36. The summed E-state index contributed by atoms with van der Waals surface area (Å²) >= 11 is 0. The molecule has 92 valence electrons. The molecule has 0 aliphatic rings. The maximum atomic E-state index is 11.5. The molecule has 0 spiro atoms. The Morgan fingerprint density at radius 3 is 2.88 bits per heavy atom. The first-order valence-corrected chi connectivity index (χ1v) is 4.77. The molecule has 0 aliphatic heterocycles. The van der Waals surface area contributed by atoms with E-state index in [9.17, 15) is 19.5 Å². The first-order valence-electron chi connectivity index (χ1n) is 4.77. The average Bonchev–Trinajstić information content (AvgIpc) is 2.34. The summed E-state index contributed by atoms with van der Waals surface area (Å²) < 4.78 is 4.27. The molecular weight excluding hydrogens is 228 g/mol. The molecule has 0 fully saturated rings. The molecule has 0 saturated heterocycles. The molecule has 1 aromatic rings. The van der Waals surface area contributed by atoms with Gasteiger partial charge in [0.25, 0.3) is 5.91 Å². The monoisotopic (exact) mass is 240 g/mol. The van der Waals surface area contributed by atoms with Gasteiger partial charge in [-0.15, -0.1) is 0 Å². The topological polar surface area (TPSA) is 108 Å². The van der Waals surface area contributed by atoms with Gasteiger partial charge in [0, 0.05) is 17.8 Å². The number of esters is 1. The Morgan fingerprint density at radius 2 is 2.29 bits per heavy atom. The number of amides is 1.